The summed E-state index contributed by atoms with van der Waals surface area (Å²) in [5.74, 6) is 0.137. The number of nitrogens with zero attached hydrogens (tertiary/aromatic N) is 6. The second-order valence-electron chi connectivity index (χ2n) is 8.94. The Morgan fingerprint density at radius 2 is 1.94 bits per heavy atom. The number of anilines is 2. The zero-order chi connectivity index (χ0) is 24.0. The number of imidazole rings is 1. The second-order valence-corrected chi connectivity index (χ2v) is 8.94. The molecule has 34 heavy (non-hydrogen) atoms. The number of fused-ring (bicyclic) bond motifs is 2. The lowest BCUT2D eigenvalue weighted by Gasteiger charge is -2.38. The number of hydrogen-bond donors (Lipinski definition) is 2. The molecule has 10 nitrogen and oxygen atoms in total. The van der Waals surface area contributed by atoms with E-state index in [1.165, 1.54) is 7.11 Å². The van der Waals surface area contributed by atoms with Gasteiger partial charge in [-0.2, -0.15) is 4.98 Å². The molecular weight excluding hydrogens is 432 g/mol. The SMILES string of the molecule is COc1ncc2c(N3C[C@@H](C)N[C@H](C)C3)ccc(C(=O)Nc3cc(C)c4nc(C)cn4n3)c2n1. The number of amides is 1. The van der Waals surface area contributed by atoms with E-state index < -0.39 is 0 Å². The lowest BCUT2D eigenvalue weighted by Crippen LogP contribution is -2.54. The van der Waals surface area contributed by atoms with Gasteiger partial charge in [-0.05, 0) is 51.5 Å². The number of piperazine rings is 1. The Balaban J connectivity index is 1.54. The monoisotopic (exact) mass is 460 g/mol. The molecule has 1 aliphatic heterocycles. The second kappa shape index (κ2) is 8.53. The van der Waals surface area contributed by atoms with Gasteiger partial charge in [-0.1, -0.05) is 0 Å². The van der Waals surface area contributed by atoms with Gasteiger partial charge in [0.1, 0.15) is 0 Å². The number of ether oxygens (including phenoxy) is 1. The molecular formula is C24H28N8O2. The average Bonchev–Trinajstić information content (AvgIpc) is 3.18. The number of aryl methyl sites for hydroxylation is 2. The number of methoxy groups -OCH3 is 1. The van der Waals surface area contributed by atoms with Crippen LogP contribution in [-0.2, 0) is 0 Å². The van der Waals surface area contributed by atoms with E-state index in [-0.39, 0.29) is 11.9 Å². The van der Waals surface area contributed by atoms with E-state index in [1.54, 1.807) is 10.7 Å². The van der Waals surface area contributed by atoms with Crippen molar-refractivity contribution in [2.24, 2.45) is 0 Å². The summed E-state index contributed by atoms with van der Waals surface area (Å²) in [7, 11) is 1.51. The zero-order valence-electron chi connectivity index (χ0n) is 20.0. The molecule has 0 spiro atoms. The predicted molar refractivity (Wildman–Crippen MR) is 131 cm³/mol. The Bertz CT molecular complexity index is 1390. The third-order valence-electron chi connectivity index (χ3n) is 6.00. The van der Waals surface area contributed by atoms with E-state index in [9.17, 15) is 4.79 Å². The first kappa shape index (κ1) is 22.0. The summed E-state index contributed by atoms with van der Waals surface area (Å²) in [4.78, 5) is 29.0. The molecule has 1 aromatic carbocycles. The molecule has 0 saturated carbocycles. The van der Waals surface area contributed by atoms with Crippen molar-refractivity contribution >= 4 is 34.0 Å². The number of hydrogen-bond acceptors (Lipinski definition) is 8. The Kier molecular flexibility index (Phi) is 5.52. The minimum Gasteiger partial charge on any atom is -0.467 e. The van der Waals surface area contributed by atoms with Crippen LogP contribution in [-0.4, -0.2) is 62.8 Å². The highest BCUT2D eigenvalue weighted by molar-refractivity contribution is 6.13. The molecule has 4 aromatic rings. The first-order chi connectivity index (χ1) is 16.3. The van der Waals surface area contributed by atoms with Gasteiger partial charge < -0.3 is 20.3 Å². The number of benzene rings is 1. The molecule has 1 aliphatic rings. The van der Waals surface area contributed by atoms with Crippen molar-refractivity contribution < 1.29 is 9.53 Å². The van der Waals surface area contributed by atoms with Gasteiger partial charge in [0, 0.05) is 42.4 Å². The number of carbonyl (C=O) groups excluding carboxylic acids is 1. The maximum absolute atomic E-state index is 13.4. The van der Waals surface area contributed by atoms with Crippen LogP contribution in [0.1, 0.15) is 35.5 Å². The van der Waals surface area contributed by atoms with Crippen molar-refractivity contribution in [3.8, 4) is 6.01 Å². The van der Waals surface area contributed by atoms with Crippen molar-refractivity contribution in [2.75, 3.05) is 30.4 Å². The number of nitrogens with one attached hydrogen (secondary N) is 2. The topological polar surface area (TPSA) is 110 Å². The van der Waals surface area contributed by atoms with Gasteiger partial charge in [-0.25, -0.2) is 14.5 Å². The standard InChI is InChI=1S/C24H28N8O2/c1-13-8-20(30-32-12-16(4)27-22(13)32)28-23(33)17-6-7-19(31-10-14(2)26-15(3)11-31)18-9-25-24(34-5)29-21(17)18/h6-9,12,14-15,26H,10-11H2,1-5H3,(H,28,30,33)/t14-,15-/m1/s1. The normalized spacial score (nSPS) is 18.4. The van der Waals surface area contributed by atoms with Gasteiger partial charge in [0.2, 0.25) is 0 Å². The molecule has 2 N–H and O–H groups in total. The van der Waals surface area contributed by atoms with Crippen LogP contribution in [0, 0.1) is 13.8 Å². The Labute approximate surface area is 197 Å². The first-order valence-electron chi connectivity index (χ1n) is 11.3. The largest absolute Gasteiger partial charge is 0.467 e. The summed E-state index contributed by atoms with van der Waals surface area (Å²) < 4.78 is 6.94. The minimum absolute atomic E-state index is 0.213. The maximum Gasteiger partial charge on any atom is 0.316 e. The fraction of sp³-hybridized carbons (Fsp3) is 0.375. The third-order valence-corrected chi connectivity index (χ3v) is 6.00. The Morgan fingerprint density at radius 3 is 2.68 bits per heavy atom. The molecule has 0 radical (unpaired) electrons. The van der Waals surface area contributed by atoms with Crippen molar-refractivity contribution in [2.45, 2.75) is 39.8 Å². The molecule has 1 amide bonds. The lowest BCUT2D eigenvalue weighted by molar-refractivity contribution is 0.102. The summed E-state index contributed by atoms with van der Waals surface area (Å²) in [6, 6.07) is 6.50. The summed E-state index contributed by atoms with van der Waals surface area (Å²) in [6.07, 6.45) is 3.56. The van der Waals surface area contributed by atoms with Crippen molar-refractivity contribution in [1.82, 2.24) is 29.9 Å². The van der Waals surface area contributed by atoms with Gasteiger partial charge in [0.25, 0.3) is 5.91 Å². The summed E-state index contributed by atoms with van der Waals surface area (Å²) in [5, 5.41) is 11.8. The van der Waals surface area contributed by atoms with Gasteiger partial charge in [0.05, 0.1) is 30.1 Å². The van der Waals surface area contributed by atoms with E-state index in [2.05, 4.69) is 49.4 Å². The highest BCUT2D eigenvalue weighted by atomic mass is 16.5. The lowest BCUT2D eigenvalue weighted by atomic mass is 10.0. The predicted octanol–water partition coefficient (Wildman–Crippen LogP) is 2.74. The number of aromatic nitrogens is 5. The van der Waals surface area contributed by atoms with Gasteiger partial charge in [0.15, 0.2) is 11.5 Å². The molecule has 1 fully saturated rings. The van der Waals surface area contributed by atoms with Crippen molar-refractivity contribution in [3.63, 3.8) is 0 Å². The molecule has 4 heterocycles. The quantitative estimate of drug-likeness (QED) is 0.478. The van der Waals surface area contributed by atoms with Crippen LogP contribution in [0.2, 0.25) is 0 Å². The summed E-state index contributed by atoms with van der Waals surface area (Å²) in [6.45, 7) is 9.89. The number of carbonyl (C=O) groups is 1. The minimum atomic E-state index is -0.303. The molecule has 5 rings (SSSR count). The van der Waals surface area contributed by atoms with E-state index in [0.29, 0.717) is 29.0 Å². The molecule has 2 atom stereocenters. The molecule has 1 saturated heterocycles. The smallest absolute Gasteiger partial charge is 0.316 e. The number of rotatable bonds is 4. The fourth-order valence-corrected chi connectivity index (χ4v) is 4.66. The highest BCUT2D eigenvalue weighted by Gasteiger charge is 2.25. The van der Waals surface area contributed by atoms with Crippen LogP contribution in [0.4, 0.5) is 11.5 Å². The fourth-order valence-electron chi connectivity index (χ4n) is 4.66. The van der Waals surface area contributed by atoms with Crippen molar-refractivity contribution in [1.29, 1.82) is 0 Å². The van der Waals surface area contributed by atoms with Crippen LogP contribution >= 0.6 is 0 Å². The van der Waals surface area contributed by atoms with Gasteiger partial charge in [-0.15, -0.1) is 5.10 Å². The molecule has 10 heteroatoms. The van der Waals surface area contributed by atoms with E-state index in [4.69, 9.17) is 4.74 Å². The Morgan fingerprint density at radius 1 is 1.18 bits per heavy atom. The Hall–Kier alpha value is -3.79. The van der Waals surface area contributed by atoms with E-state index in [1.807, 2.05) is 38.2 Å². The van der Waals surface area contributed by atoms with Crippen LogP contribution in [0.25, 0.3) is 16.6 Å². The highest BCUT2D eigenvalue weighted by Crippen LogP contribution is 2.31. The van der Waals surface area contributed by atoms with Gasteiger partial charge in [-0.3, -0.25) is 4.79 Å². The molecule has 176 valence electrons. The summed E-state index contributed by atoms with van der Waals surface area (Å²) >= 11 is 0. The van der Waals surface area contributed by atoms with E-state index in [0.717, 1.165) is 41.1 Å². The van der Waals surface area contributed by atoms with Crippen molar-refractivity contribution in [3.05, 3.63) is 47.4 Å². The summed E-state index contributed by atoms with van der Waals surface area (Å²) in [5.41, 5.74) is 4.51. The first-order valence-corrected chi connectivity index (χ1v) is 11.3. The third kappa shape index (κ3) is 4.01. The average molecular weight is 461 g/mol. The molecule has 0 bridgehead atoms. The molecule has 3 aromatic heterocycles. The van der Waals surface area contributed by atoms with Crippen LogP contribution in [0.5, 0.6) is 6.01 Å². The van der Waals surface area contributed by atoms with Gasteiger partial charge >= 0.3 is 6.01 Å². The zero-order valence-corrected chi connectivity index (χ0v) is 20.0. The molecule has 0 unspecified atom stereocenters. The van der Waals surface area contributed by atoms with E-state index >= 15 is 0 Å². The van der Waals surface area contributed by atoms with Crippen LogP contribution in [0.15, 0.2) is 30.6 Å². The molecule has 0 aliphatic carbocycles. The maximum atomic E-state index is 13.4. The van der Waals surface area contributed by atoms with Crippen LogP contribution < -0.4 is 20.3 Å². The van der Waals surface area contributed by atoms with Crippen LogP contribution in [0.3, 0.4) is 0 Å².